The number of nitrogens with one attached hydrogen (secondary N) is 1. The van der Waals surface area contributed by atoms with Crippen molar-refractivity contribution in [2.24, 2.45) is 0 Å². The van der Waals surface area contributed by atoms with Crippen molar-refractivity contribution in [2.45, 2.75) is 45.2 Å². The Morgan fingerprint density at radius 3 is 2.74 bits per heavy atom. The summed E-state index contributed by atoms with van der Waals surface area (Å²) in [4.78, 5) is 38.3. The predicted octanol–water partition coefficient (Wildman–Crippen LogP) is 2.36. The molecule has 0 saturated heterocycles. The summed E-state index contributed by atoms with van der Waals surface area (Å²) in [6, 6.07) is 11.2. The van der Waals surface area contributed by atoms with E-state index in [0.29, 0.717) is 9.20 Å². The Bertz CT molecular complexity index is 1260. The van der Waals surface area contributed by atoms with E-state index in [9.17, 15) is 14.4 Å². The monoisotopic (exact) mass is 436 g/mol. The minimum absolute atomic E-state index is 0.120. The summed E-state index contributed by atoms with van der Waals surface area (Å²) in [5.74, 6) is -0.376. The molecule has 7 heteroatoms. The minimum Gasteiger partial charge on any atom is -0.461 e. The van der Waals surface area contributed by atoms with E-state index >= 15 is 0 Å². The van der Waals surface area contributed by atoms with Gasteiger partial charge in [0, 0.05) is 12.1 Å². The summed E-state index contributed by atoms with van der Waals surface area (Å²) >= 11 is 1.19. The van der Waals surface area contributed by atoms with Gasteiger partial charge in [0.2, 0.25) is 11.7 Å². The second-order valence-corrected chi connectivity index (χ2v) is 8.85. The first-order chi connectivity index (χ1) is 15.0. The van der Waals surface area contributed by atoms with Gasteiger partial charge in [0.1, 0.15) is 11.2 Å². The molecule has 31 heavy (non-hydrogen) atoms. The van der Waals surface area contributed by atoms with E-state index in [0.717, 1.165) is 36.8 Å². The number of furan rings is 1. The van der Waals surface area contributed by atoms with Crippen molar-refractivity contribution < 1.29 is 14.0 Å². The van der Waals surface area contributed by atoms with Gasteiger partial charge in [-0.2, -0.15) is 0 Å². The third kappa shape index (κ3) is 5.11. The van der Waals surface area contributed by atoms with Crippen molar-refractivity contribution in [2.75, 3.05) is 0 Å². The molecule has 1 fully saturated rings. The van der Waals surface area contributed by atoms with Crippen molar-refractivity contribution in [1.82, 2.24) is 9.88 Å². The van der Waals surface area contributed by atoms with E-state index in [4.69, 9.17) is 4.42 Å². The van der Waals surface area contributed by atoms with Crippen molar-refractivity contribution in [3.63, 3.8) is 0 Å². The molecule has 1 amide bonds. The first-order valence-corrected chi connectivity index (χ1v) is 11.2. The number of rotatable bonds is 6. The van der Waals surface area contributed by atoms with E-state index in [-0.39, 0.29) is 35.6 Å². The average molecular weight is 437 g/mol. The number of thiazole rings is 1. The maximum absolute atomic E-state index is 13.1. The number of hydrogen-bond acceptors (Lipinski definition) is 5. The zero-order chi connectivity index (χ0) is 21.8. The predicted molar refractivity (Wildman–Crippen MR) is 120 cm³/mol. The molecule has 4 rings (SSSR count). The van der Waals surface area contributed by atoms with Crippen LogP contribution < -0.4 is 20.1 Å². The van der Waals surface area contributed by atoms with E-state index < -0.39 is 0 Å². The van der Waals surface area contributed by atoms with E-state index in [2.05, 4.69) is 5.32 Å². The number of aryl methyl sites for hydroxylation is 1. The van der Waals surface area contributed by atoms with Gasteiger partial charge in [0.25, 0.3) is 5.56 Å². The van der Waals surface area contributed by atoms with Crippen LogP contribution >= 0.6 is 11.3 Å². The number of carbonyl (C=O) groups excluding carboxylic acids is 2. The first kappa shape index (κ1) is 21.1. The number of Topliss-reactive ketones (excluding diaryl/α,β-unsaturated/α-hetero) is 1. The highest BCUT2D eigenvalue weighted by Crippen LogP contribution is 2.17. The van der Waals surface area contributed by atoms with Crippen LogP contribution in [0.25, 0.3) is 12.2 Å². The molecule has 0 atom stereocenters. The van der Waals surface area contributed by atoms with Crippen LogP contribution in [0.4, 0.5) is 0 Å². The molecule has 1 aromatic carbocycles. The van der Waals surface area contributed by atoms with Crippen LogP contribution in [0.15, 0.2) is 51.9 Å². The number of ketones is 1. The topological polar surface area (TPSA) is 81.3 Å². The molecule has 1 aliphatic carbocycles. The molecule has 2 heterocycles. The Balaban J connectivity index is 1.73. The smallest absolute Gasteiger partial charge is 0.269 e. The lowest BCUT2D eigenvalue weighted by Crippen LogP contribution is -2.41. The highest BCUT2D eigenvalue weighted by atomic mass is 32.1. The fraction of sp³-hybridized carbons (Fsp3) is 0.292. The van der Waals surface area contributed by atoms with Crippen molar-refractivity contribution >= 4 is 35.2 Å². The second kappa shape index (κ2) is 9.31. The van der Waals surface area contributed by atoms with Crippen LogP contribution in [0, 0.1) is 6.92 Å². The summed E-state index contributed by atoms with van der Waals surface area (Å²) in [5.41, 5.74) is 1.69. The van der Waals surface area contributed by atoms with Crippen LogP contribution in [-0.2, 0) is 11.3 Å². The highest BCUT2D eigenvalue weighted by molar-refractivity contribution is 7.07. The second-order valence-electron chi connectivity index (χ2n) is 7.79. The lowest BCUT2D eigenvalue weighted by Gasteiger charge is -2.11. The zero-order valence-corrected chi connectivity index (χ0v) is 18.1. The summed E-state index contributed by atoms with van der Waals surface area (Å²) in [7, 11) is 0. The molecule has 6 nitrogen and oxygen atoms in total. The molecule has 0 bridgehead atoms. The number of carbonyl (C=O) groups is 2. The summed E-state index contributed by atoms with van der Waals surface area (Å²) < 4.78 is 7.44. The molecule has 1 aliphatic rings. The normalized spacial score (nSPS) is 15.5. The Morgan fingerprint density at radius 2 is 2.03 bits per heavy atom. The molecule has 1 saturated carbocycles. The quantitative estimate of drug-likeness (QED) is 0.602. The van der Waals surface area contributed by atoms with Gasteiger partial charge in [-0.1, -0.05) is 42.7 Å². The summed E-state index contributed by atoms with van der Waals surface area (Å²) in [6.45, 7) is 1.86. The highest BCUT2D eigenvalue weighted by Gasteiger charge is 2.18. The van der Waals surface area contributed by atoms with E-state index in [1.54, 1.807) is 18.2 Å². The Morgan fingerprint density at radius 1 is 1.23 bits per heavy atom. The van der Waals surface area contributed by atoms with E-state index in [1.165, 1.54) is 28.2 Å². The van der Waals surface area contributed by atoms with Gasteiger partial charge in [-0.3, -0.25) is 19.0 Å². The Kier molecular flexibility index (Phi) is 6.32. The fourth-order valence-corrected chi connectivity index (χ4v) is 4.83. The summed E-state index contributed by atoms with van der Waals surface area (Å²) in [5, 5.41) is 3.01. The molecule has 160 valence electrons. The van der Waals surface area contributed by atoms with Crippen molar-refractivity contribution in [3.05, 3.63) is 79.1 Å². The number of benzene rings is 1. The maximum Gasteiger partial charge on any atom is 0.269 e. The minimum atomic E-state index is -0.349. The molecular weight excluding hydrogens is 412 g/mol. The SMILES string of the molecule is Cc1cccc(/C=c2\s/c(=C/C(=O)c3ccco3)n(CC(=O)NC3CCCC3)c2=O)c1. The molecular formula is C24H24N2O4S. The molecule has 3 aromatic rings. The lowest BCUT2D eigenvalue weighted by molar-refractivity contribution is -0.122. The van der Waals surface area contributed by atoms with Gasteiger partial charge < -0.3 is 9.73 Å². The molecule has 0 aliphatic heterocycles. The average Bonchev–Trinajstić information content (AvgIpc) is 3.48. The van der Waals surface area contributed by atoms with Gasteiger partial charge in [0.05, 0.1) is 10.8 Å². The number of amides is 1. The van der Waals surface area contributed by atoms with Crippen LogP contribution in [0.1, 0.15) is 47.4 Å². The van der Waals surface area contributed by atoms with Crippen molar-refractivity contribution in [3.8, 4) is 0 Å². The van der Waals surface area contributed by atoms with Crippen molar-refractivity contribution in [1.29, 1.82) is 0 Å². The number of nitrogens with zero attached hydrogens (tertiary/aromatic N) is 1. The Hall–Kier alpha value is -3.19. The number of aromatic nitrogens is 1. The van der Waals surface area contributed by atoms with Crippen LogP contribution in [0.3, 0.4) is 0 Å². The lowest BCUT2D eigenvalue weighted by atomic mass is 10.1. The fourth-order valence-electron chi connectivity index (χ4n) is 3.79. The van der Waals surface area contributed by atoms with Crippen LogP contribution in [0.2, 0.25) is 0 Å². The third-order valence-corrected chi connectivity index (χ3v) is 6.38. The van der Waals surface area contributed by atoms with Gasteiger partial charge in [-0.25, -0.2) is 0 Å². The van der Waals surface area contributed by atoms with Gasteiger partial charge in [-0.05, 0) is 43.5 Å². The largest absolute Gasteiger partial charge is 0.461 e. The zero-order valence-electron chi connectivity index (χ0n) is 17.3. The molecule has 0 unspecified atom stereocenters. The van der Waals surface area contributed by atoms with Gasteiger partial charge in [0.15, 0.2) is 5.76 Å². The van der Waals surface area contributed by atoms with Gasteiger partial charge >= 0.3 is 0 Å². The molecule has 2 aromatic heterocycles. The van der Waals surface area contributed by atoms with Crippen LogP contribution in [-0.4, -0.2) is 22.3 Å². The molecule has 0 radical (unpaired) electrons. The molecule has 0 spiro atoms. The first-order valence-electron chi connectivity index (χ1n) is 10.4. The van der Waals surface area contributed by atoms with Gasteiger partial charge in [-0.15, -0.1) is 11.3 Å². The van der Waals surface area contributed by atoms with Crippen LogP contribution in [0.5, 0.6) is 0 Å². The Labute approximate surface area is 183 Å². The summed E-state index contributed by atoms with van der Waals surface area (Å²) in [6.07, 6.45) is 8.72. The maximum atomic E-state index is 13.1. The van der Waals surface area contributed by atoms with E-state index in [1.807, 2.05) is 31.2 Å². The molecule has 1 N–H and O–H groups in total. The standard InChI is InChI=1S/C24H24N2O4S/c1-16-6-4-7-17(12-16)13-21-24(29)26(15-22(28)25-18-8-2-3-9-18)23(31-21)14-19(27)20-10-5-11-30-20/h4-7,10-14,18H,2-3,8-9,15H2,1H3,(H,25,28)/b21-13-,23-14+. The number of hydrogen-bond donors (Lipinski definition) is 1. The third-order valence-electron chi connectivity index (χ3n) is 5.32.